The first-order valence-corrected chi connectivity index (χ1v) is 10.4. The van der Waals surface area contributed by atoms with Crippen molar-refractivity contribution < 1.29 is 9.59 Å². The highest BCUT2D eigenvalue weighted by atomic mass is 32.2. The SMILES string of the molecule is Cc1ccc(NC(=O)CSC(C)C(=O)NC2CCCCCCC2)cc1. The van der Waals surface area contributed by atoms with Crippen LogP contribution in [0.5, 0.6) is 0 Å². The zero-order chi connectivity index (χ0) is 18.1. The largest absolute Gasteiger partial charge is 0.352 e. The van der Waals surface area contributed by atoms with E-state index in [0.29, 0.717) is 6.04 Å². The van der Waals surface area contributed by atoms with Gasteiger partial charge in [0.25, 0.3) is 0 Å². The number of thioether (sulfide) groups is 1. The molecule has 1 aliphatic carbocycles. The van der Waals surface area contributed by atoms with Gasteiger partial charge in [-0.2, -0.15) is 0 Å². The summed E-state index contributed by atoms with van der Waals surface area (Å²) in [5.74, 6) is 0.269. The summed E-state index contributed by atoms with van der Waals surface area (Å²) >= 11 is 1.39. The molecule has 0 heterocycles. The van der Waals surface area contributed by atoms with Gasteiger partial charge in [-0.05, 0) is 38.8 Å². The van der Waals surface area contributed by atoms with Crippen LogP contribution in [0.25, 0.3) is 0 Å². The summed E-state index contributed by atoms with van der Waals surface area (Å²) in [6, 6.07) is 8.02. The molecule has 4 nitrogen and oxygen atoms in total. The molecule has 2 rings (SSSR count). The third-order valence-electron chi connectivity index (χ3n) is 4.62. The van der Waals surface area contributed by atoms with Gasteiger partial charge in [0, 0.05) is 11.7 Å². The molecule has 1 aromatic rings. The summed E-state index contributed by atoms with van der Waals surface area (Å²) in [4.78, 5) is 24.4. The molecule has 0 radical (unpaired) electrons. The lowest BCUT2D eigenvalue weighted by Gasteiger charge is -2.22. The first-order chi connectivity index (χ1) is 12.0. The number of anilines is 1. The van der Waals surface area contributed by atoms with Crippen molar-refractivity contribution in [1.82, 2.24) is 5.32 Å². The quantitative estimate of drug-likeness (QED) is 0.794. The zero-order valence-corrected chi connectivity index (χ0v) is 16.2. The molecule has 0 bridgehead atoms. The van der Waals surface area contributed by atoms with Gasteiger partial charge in [-0.25, -0.2) is 0 Å². The van der Waals surface area contributed by atoms with Crippen molar-refractivity contribution in [3.8, 4) is 0 Å². The van der Waals surface area contributed by atoms with Gasteiger partial charge in [0.2, 0.25) is 11.8 Å². The second-order valence-electron chi connectivity index (χ2n) is 6.92. The van der Waals surface area contributed by atoms with Crippen molar-refractivity contribution in [2.45, 2.75) is 70.1 Å². The van der Waals surface area contributed by atoms with Gasteiger partial charge in [0.1, 0.15) is 0 Å². The fourth-order valence-corrected chi connectivity index (χ4v) is 3.72. The molecule has 1 aliphatic rings. The molecule has 25 heavy (non-hydrogen) atoms. The molecule has 1 atom stereocenters. The molecule has 1 aromatic carbocycles. The van der Waals surface area contributed by atoms with Gasteiger partial charge in [-0.15, -0.1) is 11.8 Å². The Balaban J connectivity index is 1.70. The molecule has 2 amide bonds. The van der Waals surface area contributed by atoms with E-state index in [1.54, 1.807) is 0 Å². The Hall–Kier alpha value is -1.49. The van der Waals surface area contributed by atoms with E-state index in [-0.39, 0.29) is 22.8 Å². The number of benzene rings is 1. The number of carbonyl (C=O) groups is 2. The number of rotatable bonds is 6. The maximum absolute atomic E-state index is 12.4. The lowest BCUT2D eigenvalue weighted by Crippen LogP contribution is -2.40. The van der Waals surface area contributed by atoms with E-state index in [4.69, 9.17) is 0 Å². The second-order valence-corrected chi connectivity index (χ2v) is 8.25. The van der Waals surface area contributed by atoms with Crippen molar-refractivity contribution in [3.63, 3.8) is 0 Å². The Kier molecular flexibility index (Phi) is 8.32. The highest BCUT2D eigenvalue weighted by Gasteiger charge is 2.19. The summed E-state index contributed by atoms with van der Waals surface area (Å²) in [5, 5.41) is 5.83. The minimum Gasteiger partial charge on any atom is -0.352 e. The van der Waals surface area contributed by atoms with E-state index in [1.165, 1.54) is 43.9 Å². The minimum atomic E-state index is -0.214. The Morgan fingerprint density at radius 2 is 1.68 bits per heavy atom. The van der Waals surface area contributed by atoms with Crippen LogP contribution in [0.2, 0.25) is 0 Å². The highest BCUT2D eigenvalue weighted by Crippen LogP contribution is 2.18. The molecule has 1 unspecified atom stereocenters. The Morgan fingerprint density at radius 3 is 2.32 bits per heavy atom. The Labute approximate surface area is 155 Å². The van der Waals surface area contributed by atoms with Crippen LogP contribution in [0.3, 0.4) is 0 Å². The number of nitrogens with one attached hydrogen (secondary N) is 2. The number of aryl methyl sites for hydroxylation is 1. The van der Waals surface area contributed by atoms with Gasteiger partial charge in [-0.3, -0.25) is 9.59 Å². The van der Waals surface area contributed by atoms with E-state index in [2.05, 4.69) is 10.6 Å². The molecule has 0 aromatic heterocycles. The van der Waals surface area contributed by atoms with Crippen LogP contribution in [0.1, 0.15) is 57.4 Å². The summed E-state index contributed by atoms with van der Waals surface area (Å²) < 4.78 is 0. The number of hydrogen-bond donors (Lipinski definition) is 2. The molecule has 1 fully saturated rings. The number of carbonyl (C=O) groups excluding carboxylic acids is 2. The van der Waals surface area contributed by atoms with Crippen LogP contribution in [0.15, 0.2) is 24.3 Å². The molecule has 0 saturated heterocycles. The summed E-state index contributed by atoms with van der Waals surface area (Å²) in [7, 11) is 0. The van der Waals surface area contributed by atoms with E-state index < -0.39 is 0 Å². The van der Waals surface area contributed by atoms with Gasteiger partial charge < -0.3 is 10.6 Å². The monoisotopic (exact) mass is 362 g/mol. The van der Waals surface area contributed by atoms with Crippen LogP contribution in [0.4, 0.5) is 5.69 Å². The third kappa shape index (κ3) is 7.51. The Bertz CT molecular complexity index is 551. The number of amides is 2. The first kappa shape index (κ1) is 19.8. The number of hydrogen-bond acceptors (Lipinski definition) is 3. The predicted molar refractivity (Wildman–Crippen MR) is 106 cm³/mol. The molecule has 1 saturated carbocycles. The topological polar surface area (TPSA) is 58.2 Å². The third-order valence-corrected chi connectivity index (χ3v) is 5.76. The average molecular weight is 363 g/mol. The fourth-order valence-electron chi connectivity index (χ4n) is 3.03. The summed E-state index contributed by atoms with van der Waals surface area (Å²) in [6.07, 6.45) is 8.43. The van der Waals surface area contributed by atoms with Gasteiger partial charge in [0.05, 0.1) is 11.0 Å². The Morgan fingerprint density at radius 1 is 1.08 bits per heavy atom. The lowest BCUT2D eigenvalue weighted by molar-refractivity contribution is -0.121. The lowest BCUT2D eigenvalue weighted by atomic mass is 9.97. The zero-order valence-electron chi connectivity index (χ0n) is 15.3. The summed E-state index contributed by atoms with van der Waals surface area (Å²) in [5.41, 5.74) is 1.95. The molecule has 138 valence electrons. The van der Waals surface area contributed by atoms with Crippen molar-refractivity contribution in [2.75, 3.05) is 11.1 Å². The van der Waals surface area contributed by atoms with Crippen LogP contribution < -0.4 is 10.6 Å². The standard InChI is InChI=1S/C20H30N2O2S/c1-15-10-12-18(13-11-15)21-19(23)14-25-16(2)20(24)22-17-8-6-4-3-5-7-9-17/h10-13,16-17H,3-9,14H2,1-2H3,(H,21,23)(H,22,24). The molecule has 5 heteroatoms. The fraction of sp³-hybridized carbons (Fsp3) is 0.600. The van der Waals surface area contributed by atoms with Crippen molar-refractivity contribution in [3.05, 3.63) is 29.8 Å². The van der Waals surface area contributed by atoms with Crippen LogP contribution in [0, 0.1) is 6.92 Å². The maximum atomic E-state index is 12.4. The van der Waals surface area contributed by atoms with Crippen molar-refractivity contribution in [2.24, 2.45) is 0 Å². The van der Waals surface area contributed by atoms with Gasteiger partial charge >= 0.3 is 0 Å². The highest BCUT2D eigenvalue weighted by molar-refractivity contribution is 8.01. The predicted octanol–water partition coefficient (Wildman–Crippen LogP) is 4.28. The van der Waals surface area contributed by atoms with Crippen LogP contribution in [-0.2, 0) is 9.59 Å². The van der Waals surface area contributed by atoms with Crippen molar-refractivity contribution >= 4 is 29.3 Å². The molecule has 2 N–H and O–H groups in total. The molecular weight excluding hydrogens is 332 g/mol. The van der Waals surface area contributed by atoms with Gasteiger partial charge in [0.15, 0.2) is 0 Å². The first-order valence-electron chi connectivity index (χ1n) is 9.33. The normalized spacial score (nSPS) is 17.2. The minimum absolute atomic E-state index is 0.0544. The van der Waals surface area contributed by atoms with Crippen molar-refractivity contribution in [1.29, 1.82) is 0 Å². The molecule has 0 spiro atoms. The van der Waals surface area contributed by atoms with E-state index >= 15 is 0 Å². The smallest absolute Gasteiger partial charge is 0.234 e. The molecule has 0 aliphatic heterocycles. The van der Waals surface area contributed by atoms with Gasteiger partial charge in [-0.1, -0.05) is 49.8 Å². The summed E-state index contributed by atoms with van der Waals surface area (Å²) in [6.45, 7) is 3.89. The van der Waals surface area contributed by atoms with Crippen LogP contribution in [-0.4, -0.2) is 28.9 Å². The molecular formula is C20H30N2O2S. The average Bonchev–Trinajstić information content (AvgIpc) is 2.57. The maximum Gasteiger partial charge on any atom is 0.234 e. The van der Waals surface area contributed by atoms with Crippen LogP contribution >= 0.6 is 11.8 Å². The van der Waals surface area contributed by atoms with E-state index in [1.807, 2.05) is 38.1 Å². The van der Waals surface area contributed by atoms with E-state index in [9.17, 15) is 9.59 Å². The van der Waals surface area contributed by atoms with E-state index in [0.717, 1.165) is 24.1 Å². The second kappa shape index (κ2) is 10.5.